The third-order valence-corrected chi connectivity index (χ3v) is 15.4. The largest absolute Gasteiger partial charge is 0.481 e. The van der Waals surface area contributed by atoms with Crippen LogP contribution < -0.4 is 11.2 Å². The zero-order valence-electron chi connectivity index (χ0n) is 39.6. The van der Waals surface area contributed by atoms with E-state index in [2.05, 4.69) is 33.2 Å². The van der Waals surface area contributed by atoms with E-state index < -0.39 is 70.6 Å². The van der Waals surface area contributed by atoms with Crippen molar-refractivity contribution in [3.8, 4) is 0 Å². The minimum atomic E-state index is -5.28. The Morgan fingerprint density at radius 1 is 0.800 bits per heavy atom. The summed E-state index contributed by atoms with van der Waals surface area (Å²) in [5, 5.41) is 3.61. The molecule has 17 nitrogen and oxygen atoms in total. The highest BCUT2D eigenvalue weighted by Crippen LogP contribution is 2.60. The third-order valence-electron chi connectivity index (χ3n) is 11.6. The topological polar surface area (TPSA) is 241 Å². The van der Waals surface area contributed by atoms with Crippen molar-refractivity contribution < 1.29 is 46.5 Å². The maximum absolute atomic E-state index is 12.9. The van der Waals surface area contributed by atoms with Gasteiger partial charge >= 0.3 is 27.3 Å². The van der Waals surface area contributed by atoms with Gasteiger partial charge in [-0.1, -0.05) is 186 Å². The van der Waals surface area contributed by atoms with E-state index in [-0.39, 0.29) is 18.6 Å². The van der Waals surface area contributed by atoms with Crippen LogP contribution in [0.2, 0.25) is 0 Å². The average Bonchev–Trinajstić information content (AvgIpc) is 3.66. The molecule has 0 aromatic carbocycles. The van der Waals surface area contributed by atoms with E-state index in [9.17, 15) is 33.3 Å². The van der Waals surface area contributed by atoms with Crippen LogP contribution in [0.1, 0.15) is 213 Å². The molecule has 0 bridgehead atoms. The third kappa shape index (κ3) is 30.2. The monoisotopic (exact) mass is 980 g/mol. The van der Waals surface area contributed by atoms with E-state index in [1.54, 1.807) is 11.8 Å². The van der Waals surface area contributed by atoms with Crippen LogP contribution in [-0.2, 0) is 36.8 Å². The quantitative estimate of drug-likeness (QED) is 0.0138. The number of hydrogen-bond acceptors (Lipinski definition) is 12. The fourth-order valence-corrected chi connectivity index (χ4v) is 11.0. The molecule has 1 aliphatic rings. The number of phosphoric acid groups is 2. The summed E-state index contributed by atoms with van der Waals surface area (Å²) in [6.07, 6.45) is 32.6. The van der Waals surface area contributed by atoms with E-state index in [0.717, 1.165) is 54.9 Å². The molecule has 0 amide bonds. The molecule has 1 aromatic heterocycles. The van der Waals surface area contributed by atoms with E-state index in [0.29, 0.717) is 6.42 Å². The predicted octanol–water partition coefficient (Wildman–Crippen LogP) is 12.8. The number of esters is 1. The number of ether oxygens (including phenoxy) is 2. The number of carbonyl (C=O) groups excluding carboxylic acids is 1. The molecule has 20 heteroatoms. The van der Waals surface area contributed by atoms with Crippen molar-refractivity contribution in [3.05, 3.63) is 43.5 Å². The van der Waals surface area contributed by atoms with Crippen molar-refractivity contribution >= 4 is 33.4 Å². The predicted molar refractivity (Wildman–Crippen MR) is 258 cm³/mol. The van der Waals surface area contributed by atoms with E-state index in [1.807, 2.05) is 0 Å². The molecule has 1 fully saturated rings. The van der Waals surface area contributed by atoms with Gasteiger partial charge < -0.3 is 19.3 Å². The first-order chi connectivity index (χ1) is 31.4. The number of azide groups is 1. The zero-order valence-corrected chi connectivity index (χ0v) is 42.2. The van der Waals surface area contributed by atoms with Crippen LogP contribution in [0, 0.1) is 0 Å². The number of aromatic amines is 1. The first-order valence-electron chi connectivity index (χ1n) is 24.8. The van der Waals surface area contributed by atoms with Crippen LogP contribution in [0.4, 0.5) is 0 Å². The number of H-pyrrole nitrogens is 1. The first-order valence-corrected chi connectivity index (χ1v) is 29.0. The summed E-state index contributed by atoms with van der Waals surface area (Å²) in [5.41, 5.74) is 7.61. The second-order valence-electron chi connectivity index (χ2n) is 17.4. The van der Waals surface area contributed by atoms with Crippen LogP contribution in [0.25, 0.3) is 10.4 Å². The number of carbonyl (C=O) groups is 1. The molecule has 2 rings (SSSR count). The maximum atomic E-state index is 12.9. The van der Waals surface area contributed by atoms with Crippen molar-refractivity contribution in [2.45, 2.75) is 231 Å². The second-order valence-corrected chi connectivity index (χ2v) is 21.6. The zero-order chi connectivity index (χ0) is 47.4. The van der Waals surface area contributed by atoms with Gasteiger partial charge in [0.25, 0.3) is 5.56 Å². The summed E-state index contributed by atoms with van der Waals surface area (Å²) < 4.78 is 52.7. The van der Waals surface area contributed by atoms with Crippen molar-refractivity contribution in [3.63, 3.8) is 0 Å². The number of nitrogens with zero attached hydrogens (tertiary/aromatic N) is 4. The summed E-state index contributed by atoms with van der Waals surface area (Å²) in [5.74, 6) is 0.637. The summed E-state index contributed by atoms with van der Waals surface area (Å²) in [6.45, 7) is 3.18. The van der Waals surface area contributed by atoms with Crippen LogP contribution >= 0.6 is 27.4 Å². The van der Waals surface area contributed by atoms with Crippen LogP contribution in [0.5, 0.6) is 0 Å². The number of hydrogen-bond donors (Lipinski definition) is 3. The number of nitrogens with one attached hydrogen (secondary N) is 1. The molecule has 0 spiro atoms. The highest BCUT2D eigenvalue weighted by molar-refractivity contribution is 7.99. The standard InChI is InChI=1S/C45H83N5O12P2S/c1-3-5-7-9-11-13-15-17-18-19-20-22-24-26-28-30-34-65-38-39(60-44(52)31-29-27-25-23-21-16-14-12-10-8-6-4-2)36-58-63(54,55)62-64(56,57)59-37-41-40(48-49-46)35-43(61-41)50-33-32-42(51)47-45(50)53/h32-33,39-41,43H,3-31,34-38H2,1-2H3,(H,54,55)(H,56,57)(H,47,51,53)/t39-,40-,41+,43+/m0/s1. The van der Waals surface area contributed by atoms with Crippen molar-refractivity contribution in [1.82, 2.24) is 9.55 Å². The molecule has 2 heterocycles. The molecular formula is C45H83N5O12P2S. The number of phosphoric ester groups is 2. The molecule has 3 N–H and O–H groups in total. The van der Waals surface area contributed by atoms with Crippen molar-refractivity contribution in [2.75, 3.05) is 24.7 Å². The van der Waals surface area contributed by atoms with Gasteiger partial charge in [0.1, 0.15) is 12.3 Å². The fraction of sp³-hybridized carbons (Fsp3) is 0.889. The lowest BCUT2D eigenvalue weighted by molar-refractivity contribution is -0.149. The summed E-state index contributed by atoms with van der Waals surface area (Å²) in [7, 11) is -10.5. The summed E-state index contributed by atoms with van der Waals surface area (Å²) in [4.78, 5) is 62.3. The van der Waals surface area contributed by atoms with Gasteiger partial charge in [0.2, 0.25) is 0 Å². The van der Waals surface area contributed by atoms with Gasteiger partial charge in [0, 0.05) is 35.8 Å². The van der Waals surface area contributed by atoms with E-state index in [4.69, 9.17) is 24.1 Å². The Kier molecular flexibility index (Phi) is 33.7. The Hall–Kier alpha value is -1.97. The fourth-order valence-electron chi connectivity index (χ4n) is 7.84. The smallest absolute Gasteiger partial charge is 0.459 e. The molecule has 1 saturated heterocycles. The molecule has 0 aliphatic carbocycles. The van der Waals surface area contributed by atoms with Gasteiger partial charge in [-0.05, 0) is 24.1 Å². The normalized spacial score (nSPS) is 18.5. The number of unbranched alkanes of at least 4 members (excludes halogenated alkanes) is 26. The van der Waals surface area contributed by atoms with Crippen LogP contribution in [0.3, 0.4) is 0 Å². The molecule has 376 valence electrons. The Balaban J connectivity index is 1.79. The van der Waals surface area contributed by atoms with Gasteiger partial charge in [-0.15, -0.1) is 0 Å². The highest BCUT2D eigenvalue weighted by atomic mass is 32.2. The molecule has 0 saturated carbocycles. The van der Waals surface area contributed by atoms with Gasteiger partial charge in [-0.25, -0.2) is 13.9 Å². The lowest BCUT2D eigenvalue weighted by atomic mass is 10.0. The van der Waals surface area contributed by atoms with Gasteiger partial charge in [-0.2, -0.15) is 16.1 Å². The minimum Gasteiger partial charge on any atom is -0.459 e. The maximum Gasteiger partial charge on any atom is 0.481 e. The molecule has 1 aromatic rings. The Morgan fingerprint density at radius 3 is 1.77 bits per heavy atom. The lowest BCUT2D eigenvalue weighted by Crippen LogP contribution is -2.31. The molecular weight excluding hydrogens is 897 g/mol. The highest BCUT2D eigenvalue weighted by Gasteiger charge is 2.41. The minimum absolute atomic E-state index is 0.0425. The number of rotatable bonds is 43. The second kappa shape index (κ2) is 37.0. The van der Waals surface area contributed by atoms with Crippen LogP contribution in [-0.4, -0.2) is 68.3 Å². The van der Waals surface area contributed by atoms with Crippen LogP contribution in [0.15, 0.2) is 27.0 Å². The van der Waals surface area contributed by atoms with Gasteiger partial charge in [0.15, 0.2) is 0 Å². The summed E-state index contributed by atoms with van der Waals surface area (Å²) in [6, 6.07) is 0.126. The number of aromatic nitrogens is 2. The molecule has 0 radical (unpaired) electrons. The van der Waals surface area contributed by atoms with Crippen molar-refractivity contribution in [2.24, 2.45) is 5.11 Å². The molecule has 2 unspecified atom stereocenters. The SMILES string of the molecule is CCCCCCCCCCCCCCCCCCSC[C@H](COP(=O)(O)OP(=O)(O)OC[C@H]1O[C@@H](n2ccc(=O)[nH]c2=O)C[C@@H]1N=[N+]=[N-])OC(=O)CCCCCCCCCCCCCC. The summed E-state index contributed by atoms with van der Waals surface area (Å²) >= 11 is 1.54. The number of thioether (sulfide) groups is 1. The van der Waals surface area contributed by atoms with Gasteiger partial charge in [0.05, 0.1) is 25.4 Å². The molecule has 65 heavy (non-hydrogen) atoms. The average molecular weight is 980 g/mol. The molecule has 6 atom stereocenters. The Labute approximate surface area is 392 Å². The van der Waals surface area contributed by atoms with E-state index >= 15 is 0 Å². The lowest BCUT2D eigenvalue weighted by Gasteiger charge is -2.22. The Morgan fingerprint density at radius 2 is 1.28 bits per heavy atom. The van der Waals surface area contributed by atoms with Gasteiger partial charge in [-0.3, -0.25) is 28.2 Å². The first kappa shape index (κ1) is 59.2. The van der Waals surface area contributed by atoms with E-state index in [1.165, 1.54) is 141 Å². The van der Waals surface area contributed by atoms with Crippen molar-refractivity contribution in [1.29, 1.82) is 0 Å². The Bertz CT molecular complexity index is 1670. The molecule has 1 aliphatic heterocycles.